The van der Waals surface area contributed by atoms with Gasteiger partial charge in [0.1, 0.15) is 17.9 Å². The maximum Gasteiger partial charge on any atom is 1.00 e. The Labute approximate surface area is 470 Å². The van der Waals surface area contributed by atoms with Gasteiger partial charge < -0.3 is 41.9 Å². The first-order valence-corrected chi connectivity index (χ1v) is 25.7. The second-order valence-corrected chi connectivity index (χ2v) is 18.3. The number of aldehydes is 1. The van der Waals surface area contributed by atoms with Gasteiger partial charge in [-0.3, -0.25) is 13.9 Å². The molecule has 3 saturated heterocycles. The van der Waals surface area contributed by atoms with Crippen molar-refractivity contribution in [2.45, 2.75) is 172 Å². The van der Waals surface area contributed by atoms with Gasteiger partial charge in [-0.1, -0.05) is 60.8 Å². The molecule has 3 aliphatic heterocycles. The number of hydrogen-bond donors (Lipinski definition) is 1. The first-order chi connectivity index (χ1) is 34.4. The van der Waals surface area contributed by atoms with E-state index in [1.807, 2.05) is 19.9 Å². The Kier molecular flexibility index (Phi) is 37.9. The van der Waals surface area contributed by atoms with Crippen molar-refractivity contribution >= 4 is 54.3 Å². The van der Waals surface area contributed by atoms with Crippen LogP contribution in [0.3, 0.4) is 0 Å². The smallest absolute Gasteiger partial charge is 0.793 e. The monoisotopic (exact) mass is 1070 g/mol. The fourth-order valence-corrected chi connectivity index (χ4v) is 9.32. The molecule has 0 atom stereocenters. The van der Waals surface area contributed by atoms with Gasteiger partial charge in [0.05, 0.1) is 35.3 Å². The van der Waals surface area contributed by atoms with Crippen molar-refractivity contribution < 1.29 is 86.2 Å². The fourth-order valence-electron chi connectivity index (χ4n) is 9.32. The Hall–Kier alpha value is -4.14. The van der Waals surface area contributed by atoms with E-state index in [-0.39, 0.29) is 63.5 Å². The molecule has 4 aromatic rings. The van der Waals surface area contributed by atoms with Gasteiger partial charge in [-0.15, -0.1) is 0 Å². The average molecular weight is 1070 g/mol. The summed E-state index contributed by atoms with van der Waals surface area (Å²) in [4.78, 5) is 58.6. The first-order valence-electron chi connectivity index (χ1n) is 25.7. The van der Waals surface area contributed by atoms with Crippen molar-refractivity contribution in [1.82, 2.24) is 29.3 Å². The molecule has 1 N–H and O–H groups in total. The van der Waals surface area contributed by atoms with Crippen molar-refractivity contribution in [3.05, 3.63) is 48.0 Å². The second-order valence-electron chi connectivity index (χ2n) is 18.3. The van der Waals surface area contributed by atoms with Gasteiger partial charge >= 0.3 is 41.5 Å². The van der Waals surface area contributed by atoms with Crippen molar-refractivity contribution in [3.63, 3.8) is 0 Å². The number of aromatic nitrogens is 4. The van der Waals surface area contributed by atoms with E-state index in [2.05, 4.69) is 51.8 Å². The van der Waals surface area contributed by atoms with Crippen LogP contribution in [-0.4, -0.2) is 115 Å². The van der Waals surface area contributed by atoms with Gasteiger partial charge in [0.2, 0.25) is 5.97 Å². The molecular weight excluding hydrogens is 976 g/mol. The number of rotatable bonds is 9. The quantitative estimate of drug-likeness (QED) is 0.0732. The Balaban J connectivity index is 0.000000976. The number of fused-ring (bicyclic) bond motifs is 2. The molecule has 16 nitrogen and oxygen atoms in total. The molecule has 2 aromatic heterocycles. The molecule has 2 aliphatic carbocycles. The molecule has 3 radical (unpaired) electrons. The van der Waals surface area contributed by atoms with E-state index < -0.39 is 17.9 Å². The summed E-state index contributed by atoms with van der Waals surface area (Å²) in [6, 6.07) is 11.6. The van der Waals surface area contributed by atoms with Crippen molar-refractivity contribution in [3.8, 4) is 12.0 Å². The van der Waals surface area contributed by atoms with Crippen LogP contribution in [0.2, 0.25) is 0 Å². The zero-order valence-electron chi connectivity index (χ0n) is 43.7. The number of carbonyl (C=O) groups is 4. The summed E-state index contributed by atoms with van der Waals surface area (Å²) >= 11 is 0. The van der Waals surface area contributed by atoms with Gasteiger partial charge in [0.25, 0.3) is 12.0 Å². The van der Waals surface area contributed by atoms with E-state index in [4.69, 9.17) is 14.2 Å². The van der Waals surface area contributed by atoms with Gasteiger partial charge in [-0.05, 0) is 121 Å². The number of piperidine rings is 2. The molecule has 0 unspecified atom stereocenters. The molecule has 2 saturated carbocycles. The fraction of sp³-hybridized carbons (Fsp3) is 0.673. The number of benzene rings is 2. The average Bonchev–Trinajstić information content (AvgIpc) is 4.16. The molecule has 5 fully saturated rings. The van der Waals surface area contributed by atoms with Crippen molar-refractivity contribution in [2.75, 3.05) is 59.2 Å². The molecule has 5 aliphatic rings. The maximum atomic E-state index is 13.6. The molecule has 0 bridgehead atoms. The van der Waals surface area contributed by atoms with Crippen LogP contribution in [-0.2, 0) is 38.3 Å². The molecular formula is C55H89BF2N6NaO10. The van der Waals surface area contributed by atoms with Crippen LogP contribution in [0.5, 0.6) is 12.0 Å². The Morgan fingerprint density at radius 1 is 0.667 bits per heavy atom. The summed E-state index contributed by atoms with van der Waals surface area (Å²) in [7, 11) is 4.32. The molecule has 2 aromatic carbocycles. The number of nitrogens with one attached hydrogen (secondary N) is 1. The third-order valence-electron chi connectivity index (χ3n) is 12.7. The number of carbonyl (C=O) groups excluding carboxylic acids is 4. The van der Waals surface area contributed by atoms with Crippen LogP contribution in [0.25, 0.3) is 22.1 Å². The summed E-state index contributed by atoms with van der Waals surface area (Å²) in [5.74, 6) is -0.941. The molecule has 0 amide bonds. The normalized spacial score (nSPS) is 16.8. The minimum Gasteiger partial charge on any atom is -0.793 e. The Morgan fingerprint density at radius 3 is 1.45 bits per heavy atom. The van der Waals surface area contributed by atoms with Crippen LogP contribution in [0.15, 0.2) is 36.4 Å². The van der Waals surface area contributed by atoms with Crippen LogP contribution < -0.4 is 44.3 Å². The molecule has 5 heterocycles. The van der Waals surface area contributed by atoms with E-state index in [0.29, 0.717) is 54.3 Å². The molecule has 75 heavy (non-hydrogen) atoms. The van der Waals surface area contributed by atoms with Crippen LogP contribution >= 0.6 is 0 Å². The number of hydrogen-bond acceptors (Lipinski definition) is 14. The topological polar surface area (TPSA) is 175 Å². The Bertz CT molecular complexity index is 2170. The van der Waals surface area contributed by atoms with E-state index in [9.17, 15) is 28.0 Å². The maximum absolute atomic E-state index is 13.6. The van der Waals surface area contributed by atoms with Crippen LogP contribution in [0, 0.1) is 23.5 Å². The largest absolute Gasteiger partial charge is 1.00 e. The van der Waals surface area contributed by atoms with E-state index >= 15 is 0 Å². The number of halogens is 2. The minimum absolute atomic E-state index is 0. The third-order valence-corrected chi connectivity index (χ3v) is 12.7. The molecule has 0 spiro atoms. The molecule has 417 valence electrons. The van der Waals surface area contributed by atoms with Crippen molar-refractivity contribution in [2.24, 2.45) is 11.8 Å². The van der Waals surface area contributed by atoms with Crippen LogP contribution in [0.1, 0.15) is 172 Å². The standard InChI is InChI=1S/C21H30FN3O.C14H18FN3O.C7H12O.C4H6O4.C4H8O.C2H3BO2.3CH4.Na/c1-2-26-21-23-19-14-17(22)8-9-20(19)25(21)18-10-12-24(13-11-18)15-16-6-4-3-5-7-16;1-2-19-14-17-12-9-10(15)3-4-13(12)18(14)11-5-7-16-8-6-11;8-6-7-4-2-1-3-5-7;1-3(5)7-8-4(2)6;1-2-4-5-3-1;1-2(4)5-3;;;;/h8-9,14,16,18H,2-7,10-13,15H2,1H3;3-4,9,11,16H,2,5-8H2,1H3;6-7H,1-5H2;1-2H3;1-4H2;1H3;3*1H4;/q;;;;;-1;;;;+1. The zero-order chi connectivity index (χ0) is 51.4. The van der Waals surface area contributed by atoms with Gasteiger partial charge in [0, 0.05) is 83.8 Å². The summed E-state index contributed by atoms with van der Waals surface area (Å²) in [6.07, 6.45) is 21.2. The number of imidazole rings is 2. The summed E-state index contributed by atoms with van der Waals surface area (Å²) in [6.45, 7) is 16.1. The van der Waals surface area contributed by atoms with Gasteiger partial charge in [-0.25, -0.2) is 28.1 Å². The predicted octanol–water partition coefficient (Wildman–Crippen LogP) is 8.43. The van der Waals surface area contributed by atoms with E-state index in [1.165, 1.54) is 102 Å². The predicted molar refractivity (Wildman–Crippen MR) is 288 cm³/mol. The summed E-state index contributed by atoms with van der Waals surface area (Å²) < 4.78 is 51.2. The third kappa shape index (κ3) is 25.7. The number of likely N-dealkylation sites (tertiary alicyclic amines) is 1. The van der Waals surface area contributed by atoms with Gasteiger partial charge in [0.15, 0.2) is 0 Å². The number of nitrogens with zero attached hydrogens (tertiary/aromatic N) is 5. The minimum atomic E-state index is -0.639. The first kappa shape index (κ1) is 70.9. The van der Waals surface area contributed by atoms with Crippen LogP contribution in [0.4, 0.5) is 8.78 Å². The van der Waals surface area contributed by atoms with Gasteiger partial charge in [-0.2, -0.15) is 9.97 Å². The molecule has 9 rings (SSSR count). The van der Waals surface area contributed by atoms with Crippen molar-refractivity contribution in [1.29, 1.82) is 0 Å². The zero-order valence-corrected chi connectivity index (χ0v) is 45.7. The SMILES string of the molecule is C.C.C.C1CCOC1.CC(=O)OOC(C)=O.CCOc1nc2cc(F)ccc2n1C1CCN(CC2CCCCC2)CC1.CCOc1nc2cc(F)ccc2n1C1CCNCC1.O=CC1CCCCC1.[B-]OC(C)=O.[Na+]. The van der Waals surface area contributed by atoms with E-state index in [1.54, 1.807) is 6.07 Å². The number of ether oxygens (including phenoxy) is 3. The Morgan fingerprint density at radius 2 is 1.09 bits per heavy atom. The summed E-state index contributed by atoms with van der Waals surface area (Å²) in [5, 5.41) is 3.35. The van der Waals surface area contributed by atoms with E-state index in [0.717, 1.165) is 115 Å². The second kappa shape index (κ2) is 40.1. The molecule has 20 heteroatoms. The summed E-state index contributed by atoms with van der Waals surface area (Å²) in [5.41, 5.74) is 3.30.